The quantitative estimate of drug-likeness (QED) is 0.668. The van der Waals surface area contributed by atoms with Crippen molar-refractivity contribution in [3.63, 3.8) is 0 Å². The van der Waals surface area contributed by atoms with E-state index in [0.717, 1.165) is 5.57 Å². The van der Waals surface area contributed by atoms with Crippen molar-refractivity contribution < 1.29 is 29.3 Å². The fourth-order valence-corrected chi connectivity index (χ4v) is 6.62. The molecule has 0 aromatic heterocycles. The number of hydrogen-bond acceptors (Lipinski definition) is 6. The van der Waals surface area contributed by atoms with Gasteiger partial charge >= 0.3 is 11.9 Å². The molecule has 2 saturated carbocycles. The fourth-order valence-electron chi connectivity index (χ4n) is 6.62. The van der Waals surface area contributed by atoms with Crippen molar-refractivity contribution in [2.45, 2.75) is 71.7 Å². The van der Waals surface area contributed by atoms with Gasteiger partial charge in [0, 0.05) is 30.4 Å². The van der Waals surface area contributed by atoms with Gasteiger partial charge in [-0.3, -0.25) is 4.79 Å². The van der Waals surface area contributed by atoms with Crippen molar-refractivity contribution in [3.05, 3.63) is 23.5 Å². The summed E-state index contributed by atoms with van der Waals surface area (Å²) in [5.41, 5.74) is -1.71. The van der Waals surface area contributed by atoms with Gasteiger partial charge in [0.2, 0.25) is 0 Å². The normalized spacial score (nSPS) is 46.4. The zero-order valence-corrected chi connectivity index (χ0v) is 17.2. The molecule has 0 bridgehead atoms. The van der Waals surface area contributed by atoms with E-state index in [2.05, 4.69) is 0 Å². The zero-order chi connectivity index (χ0) is 20.6. The number of esters is 2. The molecule has 4 aliphatic rings. The van der Waals surface area contributed by atoms with Gasteiger partial charge in [-0.2, -0.15) is 0 Å². The van der Waals surface area contributed by atoms with Crippen LogP contribution in [0.25, 0.3) is 0 Å². The van der Waals surface area contributed by atoms with E-state index in [1.165, 1.54) is 13.0 Å². The molecule has 7 atom stereocenters. The first-order valence-corrected chi connectivity index (χ1v) is 10.2. The number of hydrogen-bond donors (Lipinski definition) is 2. The molecule has 0 amide bonds. The Bertz CT molecular complexity index is 795. The summed E-state index contributed by atoms with van der Waals surface area (Å²) in [4.78, 5) is 23.7. The number of rotatable bonds is 1. The third kappa shape index (κ3) is 2.34. The molecule has 0 saturated heterocycles. The summed E-state index contributed by atoms with van der Waals surface area (Å²) >= 11 is 0. The van der Waals surface area contributed by atoms with Crippen LogP contribution in [0.5, 0.6) is 0 Å². The largest absolute Gasteiger partial charge is 0.462 e. The molecule has 6 nitrogen and oxygen atoms in total. The highest BCUT2D eigenvalue weighted by Gasteiger charge is 2.71. The Labute approximate surface area is 165 Å². The Hall–Kier alpha value is -1.66. The Morgan fingerprint density at radius 1 is 1.32 bits per heavy atom. The summed E-state index contributed by atoms with van der Waals surface area (Å²) in [5.74, 6) is -0.848. The molecule has 6 heteroatoms. The fraction of sp³-hybridized carbons (Fsp3) is 0.727. The van der Waals surface area contributed by atoms with E-state index in [-0.39, 0.29) is 30.1 Å². The van der Waals surface area contributed by atoms with Crippen molar-refractivity contribution in [1.29, 1.82) is 0 Å². The van der Waals surface area contributed by atoms with E-state index in [1.807, 2.05) is 33.8 Å². The molecule has 1 aliphatic heterocycles. The van der Waals surface area contributed by atoms with Crippen LogP contribution in [0.4, 0.5) is 0 Å². The van der Waals surface area contributed by atoms with Crippen LogP contribution in [0, 0.1) is 28.6 Å². The first kappa shape index (κ1) is 19.6. The van der Waals surface area contributed by atoms with Crippen molar-refractivity contribution in [1.82, 2.24) is 0 Å². The summed E-state index contributed by atoms with van der Waals surface area (Å²) < 4.78 is 11.1. The van der Waals surface area contributed by atoms with E-state index in [9.17, 15) is 19.8 Å². The zero-order valence-electron chi connectivity index (χ0n) is 17.2. The lowest BCUT2D eigenvalue weighted by atomic mass is 9.40. The van der Waals surface area contributed by atoms with E-state index in [0.29, 0.717) is 18.6 Å². The molecule has 28 heavy (non-hydrogen) atoms. The first-order valence-electron chi connectivity index (χ1n) is 10.2. The highest BCUT2D eigenvalue weighted by atomic mass is 16.5. The highest BCUT2D eigenvalue weighted by molar-refractivity contribution is 5.88. The van der Waals surface area contributed by atoms with Gasteiger partial charge in [-0.05, 0) is 42.1 Å². The average Bonchev–Trinajstić information content (AvgIpc) is 2.95. The van der Waals surface area contributed by atoms with Gasteiger partial charge in [-0.15, -0.1) is 0 Å². The maximum atomic E-state index is 12.0. The molecule has 0 radical (unpaired) electrons. The van der Waals surface area contributed by atoms with Crippen LogP contribution < -0.4 is 0 Å². The SMILES string of the molecule is CC(=O)OC1CCC(C)(C)C2(O)CC(O)C3C(C)C4=CC(=O)OC4=CC3C12C. The third-order valence-corrected chi connectivity index (χ3v) is 8.24. The topological polar surface area (TPSA) is 93.1 Å². The summed E-state index contributed by atoms with van der Waals surface area (Å²) in [6, 6.07) is 0. The average molecular weight is 390 g/mol. The number of carbonyl (C=O) groups excluding carboxylic acids is 2. The predicted molar refractivity (Wildman–Crippen MR) is 101 cm³/mol. The molecule has 0 spiro atoms. The second-order valence-corrected chi connectivity index (χ2v) is 9.88. The van der Waals surface area contributed by atoms with Crippen LogP contribution in [0.2, 0.25) is 0 Å². The smallest absolute Gasteiger partial charge is 0.336 e. The van der Waals surface area contributed by atoms with Gasteiger partial charge < -0.3 is 19.7 Å². The van der Waals surface area contributed by atoms with Crippen LogP contribution in [-0.2, 0) is 19.1 Å². The standard InChI is InChI=1S/C22H30O6/c1-11-13-8-18(25)28-16(13)9-14-19(11)15(24)10-22(26)20(3,4)7-6-17(21(14,22)5)27-12(2)23/h8-9,11,14-15,17,19,24,26H,6-7,10H2,1-5H3. The van der Waals surface area contributed by atoms with E-state index in [1.54, 1.807) is 0 Å². The molecule has 3 aliphatic carbocycles. The highest BCUT2D eigenvalue weighted by Crippen LogP contribution is 2.67. The number of ether oxygens (including phenoxy) is 2. The summed E-state index contributed by atoms with van der Waals surface area (Å²) in [5, 5.41) is 23.2. The molecule has 7 unspecified atom stereocenters. The Morgan fingerprint density at radius 2 is 2.00 bits per heavy atom. The monoisotopic (exact) mass is 390 g/mol. The summed E-state index contributed by atoms with van der Waals surface area (Å²) in [7, 11) is 0. The van der Waals surface area contributed by atoms with Crippen molar-refractivity contribution in [2.75, 3.05) is 0 Å². The van der Waals surface area contributed by atoms with Gasteiger partial charge in [-0.25, -0.2) is 4.79 Å². The summed E-state index contributed by atoms with van der Waals surface area (Å²) in [6.07, 6.45) is 3.71. The van der Waals surface area contributed by atoms with Crippen LogP contribution in [0.1, 0.15) is 53.9 Å². The predicted octanol–water partition coefficient (Wildman–Crippen LogP) is 2.49. The van der Waals surface area contributed by atoms with Crippen LogP contribution in [0.3, 0.4) is 0 Å². The molecule has 4 rings (SSSR count). The molecule has 154 valence electrons. The second-order valence-electron chi connectivity index (χ2n) is 9.88. The second kappa shape index (κ2) is 5.92. The first-order chi connectivity index (χ1) is 12.9. The van der Waals surface area contributed by atoms with Gasteiger partial charge in [-0.1, -0.05) is 27.7 Å². The number of carbonyl (C=O) groups is 2. The summed E-state index contributed by atoms with van der Waals surface area (Å²) in [6.45, 7) is 9.38. The molecule has 2 N–H and O–H groups in total. The third-order valence-electron chi connectivity index (χ3n) is 8.24. The lowest BCUT2D eigenvalue weighted by Gasteiger charge is -2.67. The molecule has 0 aromatic carbocycles. The lowest BCUT2D eigenvalue weighted by molar-refractivity contribution is -0.289. The molecule has 2 fully saturated rings. The lowest BCUT2D eigenvalue weighted by Crippen LogP contribution is -2.73. The van der Waals surface area contributed by atoms with E-state index < -0.39 is 34.6 Å². The van der Waals surface area contributed by atoms with Crippen molar-refractivity contribution in [2.24, 2.45) is 28.6 Å². The molecular formula is C22H30O6. The van der Waals surface area contributed by atoms with Gasteiger partial charge in [0.25, 0.3) is 0 Å². The Morgan fingerprint density at radius 3 is 2.64 bits per heavy atom. The van der Waals surface area contributed by atoms with Gasteiger partial charge in [0.1, 0.15) is 11.9 Å². The Balaban J connectivity index is 1.91. The van der Waals surface area contributed by atoms with Crippen LogP contribution in [0.15, 0.2) is 23.5 Å². The number of aliphatic hydroxyl groups excluding tert-OH is 1. The molecule has 0 aromatic rings. The van der Waals surface area contributed by atoms with Crippen LogP contribution in [-0.4, -0.2) is 40.0 Å². The maximum absolute atomic E-state index is 12.0. The minimum atomic E-state index is -1.24. The van der Waals surface area contributed by atoms with Crippen molar-refractivity contribution in [3.8, 4) is 0 Å². The van der Waals surface area contributed by atoms with Crippen LogP contribution >= 0.6 is 0 Å². The van der Waals surface area contributed by atoms with Gasteiger partial charge in [0.05, 0.1) is 11.7 Å². The minimum absolute atomic E-state index is 0.101. The van der Waals surface area contributed by atoms with E-state index in [4.69, 9.17) is 9.47 Å². The minimum Gasteiger partial charge on any atom is -0.462 e. The molecule has 1 heterocycles. The van der Waals surface area contributed by atoms with Crippen molar-refractivity contribution >= 4 is 11.9 Å². The number of aliphatic hydroxyl groups is 2. The Kier molecular flexibility index (Phi) is 4.16. The van der Waals surface area contributed by atoms with Gasteiger partial charge in [0.15, 0.2) is 0 Å². The van der Waals surface area contributed by atoms with E-state index >= 15 is 0 Å². The number of fused-ring (bicyclic) bond motifs is 4. The number of allylic oxidation sites excluding steroid dienone is 2. The molecular weight excluding hydrogens is 360 g/mol. The maximum Gasteiger partial charge on any atom is 0.336 e.